The van der Waals surface area contributed by atoms with Crippen LogP contribution in [0.15, 0.2) is 36.5 Å². The van der Waals surface area contributed by atoms with E-state index in [1.54, 1.807) is 26.0 Å². The molecule has 0 radical (unpaired) electrons. The molecule has 1 saturated carbocycles. The molecule has 3 aromatic rings. The van der Waals surface area contributed by atoms with Gasteiger partial charge >= 0.3 is 0 Å². The lowest BCUT2D eigenvalue weighted by atomic mass is 9.92. The highest BCUT2D eigenvalue weighted by molar-refractivity contribution is 7.93. The first-order chi connectivity index (χ1) is 14.4. The van der Waals surface area contributed by atoms with Crippen molar-refractivity contribution in [2.75, 3.05) is 4.72 Å². The Labute approximate surface area is 177 Å². The smallest absolute Gasteiger partial charge is 0.235 e. The van der Waals surface area contributed by atoms with Crippen LogP contribution in [0.25, 0.3) is 22.2 Å². The van der Waals surface area contributed by atoms with Crippen LogP contribution in [0.4, 0.5) is 5.69 Å². The van der Waals surface area contributed by atoms with Crippen molar-refractivity contribution in [1.29, 1.82) is 5.26 Å². The number of anilines is 1. The molecule has 2 aromatic heterocycles. The number of fused-ring (bicyclic) bond motifs is 1. The third-order valence-electron chi connectivity index (χ3n) is 5.90. The van der Waals surface area contributed by atoms with Gasteiger partial charge < -0.3 is 4.57 Å². The Bertz CT molecular complexity index is 1230. The molecule has 1 aromatic carbocycles. The lowest BCUT2D eigenvalue weighted by Gasteiger charge is -2.30. The molecule has 0 saturated heterocycles. The Morgan fingerprint density at radius 1 is 1.27 bits per heavy atom. The van der Waals surface area contributed by atoms with E-state index in [0.29, 0.717) is 17.3 Å². The van der Waals surface area contributed by atoms with Crippen LogP contribution < -0.4 is 4.72 Å². The molecule has 0 unspecified atom stereocenters. The van der Waals surface area contributed by atoms with Crippen molar-refractivity contribution < 1.29 is 8.42 Å². The monoisotopic (exact) mass is 422 g/mol. The van der Waals surface area contributed by atoms with Gasteiger partial charge in [-0.1, -0.05) is 19.1 Å². The van der Waals surface area contributed by atoms with Gasteiger partial charge in [-0.05, 0) is 63.3 Å². The lowest BCUT2D eigenvalue weighted by molar-refractivity contribution is 0.324. The third-order valence-corrected chi connectivity index (χ3v) is 7.66. The molecular formula is C23H26N4O2S. The first kappa shape index (κ1) is 20.4. The molecule has 2 heterocycles. The number of pyridine rings is 1. The summed E-state index contributed by atoms with van der Waals surface area (Å²) in [7, 11) is -3.40. The molecule has 0 aliphatic heterocycles. The van der Waals surface area contributed by atoms with Crippen molar-refractivity contribution in [2.45, 2.75) is 57.7 Å². The van der Waals surface area contributed by atoms with E-state index >= 15 is 0 Å². The van der Waals surface area contributed by atoms with Crippen molar-refractivity contribution in [2.24, 2.45) is 0 Å². The maximum atomic E-state index is 12.2. The van der Waals surface area contributed by atoms with Gasteiger partial charge in [0.15, 0.2) is 0 Å². The first-order valence-electron chi connectivity index (χ1n) is 10.4. The summed E-state index contributed by atoms with van der Waals surface area (Å²) in [5.41, 5.74) is 4.94. The summed E-state index contributed by atoms with van der Waals surface area (Å²) in [6, 6.07) is 12.1. The molecule has 7 heteroatoms. The van der Waals surface area contributed by atoms with Crippen molar-refractivity contribution in [3.05, 3.63) is 47.8 Å². The minimum absolute atomic E-state index is 0.359. The zero-order valence-electron chi connectivity index (χ0n) is 17.5. The van der Waals surface area contributed by atoms with E-state index in [2.05, 4.69) is 27.3 Å². The molecule has 1 aliphatic rings. The Morgan fingerprint density at radius 2 is 1.97 bits per heavy atom. The van der Waals surface area contributed by atoms with Crippen LogP contribution in [0.5, 0.6) is 0 Å². The number of nitriles is 1. The molecule has 156 valence electrons. The molecule has 30 heavy (non-hydrogen) atoms. The molecular weight excluding hydrogens is 396 g/mol. The van der Waals surface area contributed by atoms with Gasteiger partial charge in [-0.25, -0.2) is 8.42 Å². The fourth-order valence-corrected chi connectivity index (χ4v) is 4.54. The van der Waals surface area contributed by atoms with Gasteiger partial charge in [0, 0.05) is 22.8 Å². The fraction of sp³-hybridized carbons (Fsp3) is 0.391. The Morgan fingerprint density at radius 3 is 2.50 bits per heavy atom. The molecule has 6 nitrogen and oxygen atoms in total. The van der Waals surface area contributed by atoms with Gasteiger partial charge in [0.05, 0.1) is 28.2 Å². The molecule has 0 amide bonds. The number of nitrogens with zero attached hydrogens (tertiary/aromatic N) is 3. The number of aromatic nitrogens is 2. The summed E-state index contributed by atoms with van der Waals surface area (Å²) >= 11 is 0. The summed E-state index contributed by atoms with van der Waals surface area (Å²) < 4.78 is 29.2. The van der Waals surface area contributed by atoms with Crippen molar-refractivity contribution in [1.82, 2.24) is 9.55 Å². The van der Waals surface area contributed by atoms with E-state index in [9.17, 15) is 13.7 Å². The highest BCUT2D eigenvalue weighted by atomic mass is 32.2. The Kier molecular flexibility index (Phi) is 5.29. The number of rotatable bonds is 6. The topological polar surface area (TPSA) is 87.8 Å². The van der Waals surface area contributed by atoms with Gasteiger partial charge in [-0.3, -0.25) is 9.71 Å². The molecule has 0 spiro atoms. The molecule has 4 rings (SSSR count). The van der Waals surface area contributed by atoms with Gasteiger partial charge in [0.2, 0.25) is 10.0 Å². The second-order valence-electron chi connectivity index (χ2n) is 8.11. The van der Waals surface area contributed by atoms with E-state index in [0.717, 1.165) is 47.1 Å². The zero-order chi connectivity index (χ0) is 21.5. The largest absolute Gasteiger partial charge is 0.335 e. The molecule has 1 N–H and O–H groups in total. The summed E-state index contributed by atoms with van der Waals surface area (Å²) in [4.78, 5) is 4.57. The van der Waals surface area contributed by atoms with E-state index in [1.807, 2.05) is 24.4 Å². The zero-order valence-corrected chi connectivity index (χ0v) is 18.3. The van der Waals surface area contributed by atoms with Crippen molar-refractivity contribution in [3.63, 3.8) is 0 Å². The van der Waals surface area contributed by atoms with Crippen molar-refractivity contribution in [3.8, 4) is 17.3 Å². The quantitative estimate of drug-likeness (QED) is 0.605. The minimum atomic E-state index is -3.40. The van der Waals surface area contributed by atoms with E-state index in [-0.39, 0.29) is 0 Å². The van der Waals surface area contributed by atoms with Crippen molar-refractivity contribution >= 4 is 26.6 Å². The second-order valence-corrected chi connectivity index (χ2v) is 10.3. The predicted octanol–water partition coefficient (Wildman–Crippen LogP) is 5.01. The number of benzene rings is 1. The summed E-state index contributed by atoms with van der Waals surface area (Å²) in [6.07, 6.45) is 6.06. The number of aryl methyl sites for hydroxylation is 1. The van der Waals surface area contributed by atoms with E-state index in [1.165, 1.54) is 6.42 Å². The summed E-state index contributed by atoms with van der Waals surface area (Å²) in [6.45, 7) is 5.35. The molecule has 0 bridgehead atoms. The van der Waals surface area contributed by atoms with Gasteiger partial charge in [0.1, 0.15) is 6.07 Å². The average Bonchev–Trinajstić information content (AvgIpc) is 3.00. The minimum Gasteiger partial charge on any atom is -0.335 e. The number of sulfonamides is 1. The van der Waals surface area contributed by atoms with E-state index < -0.39 is 15.3 Å². The predicted molar refractivity (Wildman–Crippen MR) is 120 cm³/mol. The van der Waals surface area contributed by atoms with Gasteiger partial charge in [-0.2, -0.15) is 5.26 Å². The number of nitrogens with one attached hydrogen (secondary N) is 1. The van der Waals surface area contributed by atoms with Crippen LogP contribution in [0.3, 0.4) is 0 Å². The SMILES string of the molecule is CCc1cc2c(C#N)c(-c3ccc(NS(=O)(=O)C(C)C)cc3)n(C3CCC3)c2cn1. The highest BCUT2D eigenvalue weighted by Crippen LogP contribution is 2.42. The third kappa shape index (κ3) is 3.46. The average molecular weight is 423 g/mol. The fourth-order valence-electron chi connectivity index (χ4n) is 3.84. The van der Waals surface area contributed by atoms with Crippen LogP contribution in [-0.2, 0) is 16.4 Å². The van der Waals surface area contributed by atoms with Crippen LogP contribution in [-0.4, -0.2) is 23.2 Å². The second kappa shape index (κ2) is 7.77. The maximum absolute atomic E-state index is 12.2. The Hall–Kier alpha value is -2.85. The van der Waals surface area contributed by atoms with Crippen LogP contribution in [0.2, 0.25) is 0 Å². The van der Waals surface area contributed by atoms with Crippen LogP contribution >= 0.6 is 0 Å². The maximum Gasteiger partial charge on any atom is 0.235 e. The van der Waals surface area contributed by atoms with Gasteiger partial charge in [0.25, 0.3) is 0 Å². The summed E-state index contributed by atoms with van der Waals surface area (Å²) in [5, 5.41) is 10.5. The lowest BCUT2D eigenvalue weighted by Crippen LogP contribution is -2.22. The molecule has 1 aliphatic carbocycles. The number of hydrogen-bond acceptors (Lipinski definition) is 4. The van der Waals surface area contributed by atoms with Gasteiger partial charge in [-0.15, -0.1) is 0 Å². The number of hydrogen-bond donors (Lipinski definition) is 1. The highest BCUT2D eigenvalue weighted by Gasteiger charge is 2.28. The van der Waals surface area contributed by atoms with Crippen LogP contribution in [0, 0.1) is 11.3 Å². The molecule has 0 atom stereocenters. The molecule has 1 fully saturated rings. The summed E-state index contributed by atoms with van der Waals surface area (Å²) in [5.74, 6) is 0. The van der Waals surface area contributed by atoms with E-state index in [4.69, 9.17) is 0 Å². The van der Waals surface area contributed by atoms with Crippen LogP contribution in [0.1, 0.15) is 57.3 Å². The Balaban J connectivity index is 1.85. The standard InChI is InChI=1S/C23H26N4O2S/c1-4-17-12-20-21(13-24)23(27(19-6-5-7-19)22(20)14-25-17)16-8-10-18(11-9-16)26-30(28,29)15(2)3/h8-12,14-15,19,26H,4-7H2,1-3H3. The first-order valence-corrected chi connectivity index (χ1v) is 11.9. The normalized spacial score (nSPS) is 14.6.